The number of ether oxygens (including phenoxy) is 1. The first-order valence-electron chi connectivity index (χ1n) is 5.64. The molecular weight excluding hydrogens is 236 g/mol. The Labute approximate surface area is 104 Å². The van der Waals surface area contributed by atoms with Gasteiger partial charge >= 0.3 is 0 Å². The summed E-state index contributed by atoms with van der Waals surface area (Å²) in [5.74, 6) is 0. The van der Waals surface area contributed by atoms with Crippen molar-refractivity contribution in [2.24, 2.45) is 0 Å². The van der Waals surface area contributed by atoms with Crippen molar-refractivity contribution in [2.75, 3.05) is 6.61 Å². The summed E-state index contributed by atoms with van der Waals surface area (Å²) in [7, 11) is 0. The van der Waals surface area contributed by atoms with Crippen LogP contribution in [0.4, 0.5) is 0 Å². The third kappa shape index (κ3) is 2.56. The lowest BCUT2D eigenvalue weighted by Crippen LogP contribution is -2.23. The van der Waals surface area contributed by atoms with Gasteiger partial charge in [-0.05, 0) is 31.7 Å². The van der Waals surface area contributed by atoms with Crippen molar-refractivity contribution in [1.82, 2.24) is 9.55 Å². The smallest absolute Gasteiger partial charge is 0.271 e. The van der Waals surface area contributed by atoms with Crippen molar-refractivity contribution in [3.63, 3.8) is 0 Å². The van der Waals surface area contributed by atoms with Crippen LogP contribution in [-0.4, -0.2) is 22.3 Å². The van der Waals surface area contributed by atoms with Gasteiger partial charge in [0.2, 0.25) is 0 Å². The van der Waals surface area contributed by atoms with Crippen LogP contribution in [0.1, 0.15) is 19.4 Å². The predicted molar refractivity (Wildman–Crippen MR) is 69.7 cm³/mol. The molecule has 0 bridgehead atoms. The fraction of sp³-hybridized carbons (Fsp3) is 0.500. The Morgan fingerprint density at radius 3 is 3.00 bits per heavy atom. The molecule has 0 radical (unpaired) electrons. The van der Waals surface area contributed by atoms with E-state index in [2.05, 4.69) is 4.98 Å². The van der Waals surface area contributed by atoms with Crippen LogP contribution < -0.4 is 5.56 Å². The van der Waals surface area contributed by atoms with E-state index in [-0.39, 0.29) is 11.7 Å². The summed E-state index contributed by atoms with van der Waals surface area (Å²) in [5.41, 5.74) is 1.91. The summed E-state index contributed by atoms with van der Waals surface area (Å²) in [6.07, 6.45) is 1.79. The van der Waals surface area contributed by atoms with Crippen LogP contribution in [-0.2, 0) is 11.3 Å². The Balaban J connectivity index is 2.24. The van der Waals surface area contributed by atoms with Gasteiger partial charge in [0.15, 0.2) is 0 Å². The Hall–Kier alpha value is -1.20. The summed E-state index contributed by atoms with van der Waals surface area (Å²) in [4.78, 5) is 16.4. The van der Waals surface area contributed by atoms with E-state index >= 15 is 0 Å². The van der Waals surface area contributed by atoms with Crippen LogP contribution >= 0.6 is 11.3 Å². The molecule has 0 aliphatic heterocycles. The van der Waals surface area contributed by atoms with Crippen molar-refractivity contribution in [2.45, 2.75) is 33.4 Å². The van der Waals surface area contributed by atoms with Gasteiger partial charge in [0.05, 0.1) is 31.1 Å². The predicted octanol–water partition coefficient (Wildman–Crippen LogP) is 2.19. The number of fused-ring (bicyclic) bond motifs is 1. The van der Waals surface area contributed by atoms with E-state index in [1.165, 1.54) is 11.3 Å². The van der Waals surface area contributed by atoms with Gasteiger partial charge < -0.3 is 4.74 Å². The Morgan fingerprint density at radius 2 is 2.29 bits per heavy atom. The maximum absolute atomic E-state index is 12.1. The lowest BCUT2D eigenvalue weighted by atomic mass is 10.3. The molecule has 0 saturated heterocycles. The SMILES string of the molecule is Cc1csc2c(=O)n(CCOC(C)C)cnc12. The fourth-order valence-electron chi connectivity index (χ4n) is 1.61. The third-order valence-electron chi connectivity index (χ3n) is 2.51. The molecule has 0 aliphatic carbocycles. The molecule has 0 aliphatic rings. The molecule has 2 aromatic heterocycles. The van der Waals surface area contributed by atoms with E-state index in [4.69, 9.17) is 4.74 Å². The first-order valence-corrected chi connectivity index (χ1v) is 6.52. The molecule has 17 heavy (non-hydrogen) atoms. The average molecular weight is 252 g/mol. The molecular formula is C12H16N2O2S. The van der Waals surface area contributed by atoms with Crippen LogP contribution in [0.2, 0.25) is 0 Å². The molecule has 4 nitrogen and oxygen atoms in total. The molecule has 2 rings (SSSR count). The molecule has 92 valence electrons. The minimum atomic E-state index is 0.0282. The van der Waals surface area contributed by atoms with Crippen molar-refractivity contribution in [1.29, 1.82) is 0 Å². The maximum Gasteiger partial charge on any atom is 0.271 e. The standard InChI is InChI=1S/C12H16N2O2S/c1-8(2)16-5-4-14-7-13-10-9(3)6-17-11(10)12(14)15/h6-8H,4-5H2,1-3H3. The number of aryl methyl sites for hydroxylation is 1. The minimum absolute atomic E-state index is 0.0282. The third-order valence-corrected chi connectivity index (χ3v) is 3.58. The zero-order valence-corrected chi connectivity index (χ0v) is 11.1. The normalized spacial score (nSPS) is 11.5. The number of nitrogens with zero attached hydrogens (tertiary/aromatic N) is 2. The highest BCUT2D eigenvalue weighted by atomic mass is 32.1. The molecule has 2 heterocycles. The van der Waals surface area contributed by atoms with E-state index in [0.717, 1.165) is 15.8 Å². The molecule has 0 saturated carbocycles. The lowest BCUT2D eigenvalue weighted by Gasteiger charge is -2.08. The Bertz CT molecular complexity index is 571. The number of thiophene rings is 1. The zero-order chi connectivity index (χ0) is 12.4. The van der Waals surface area contributed by atoms with Crippen molar-refractivity contribution in [3.05, 3.63) is 27.6 Å². The first-order chi connectivity index (χ1) is 8.09. The quantitative estimate of drug-likeness (QED) is 0.838. The minimum Gasteiger partial charge on any atom is -0.377 e. The van der Waals surface area contributed by atoms with Crippen molar-refractivity contribution >= 4 is 21.6 Å². The first kappa shape index (κ1) is 12.3. The van der Waals surface area contributed by atoms with Gasteiger partial charge in [-0.3, -0.25) is 9.36 Å². The average Bonchev–Trinajstić information content (AvgIpc) is 2.64. The second-order valence-electron chi connectivity index (χ2n) is 4.26. The number of rotatable bonds is 4. The van der Waals surface area contributed by atoms with Gasteiger partial charge in [-0.15, -0.1) is 11.3 Å². The van der Waals surface area contributed by atoms with Crippen LogP contribution in [0.15, 0.2) is 16.5 Å². The highest BCUT2D eigenvalue weighted by molar-refractivity contribution is 7.17. The van der Waals surface area contributed by atoms with Gasteiger partial charge in [-0.25, -0.2) is 4.98 Å². The van der Waals surface area contributed by atoms with Crippen molar-refractivity contribution in [3.8, 4) is 0 Å². The fourth-order valence-corrected chi connectivity index (χ4v) is 2.56. The van der Waals surface area contributed by atoms with Gasteiger partial charge in [-0.1, -0.05) is 0 Å². The van der Waals surface area contributed by atoms with Crippen LogP contribution in [0.5, 0.6) is 0 Å². The van der Waals surface area contributed by atoms with Gasteiger partial charge in [0, 0.05) is 0 Å². The summed E-state index contributed by atoms with van der Waals surface area (Å²) in [5, 5.41) is 1.97. The van der Waals surface area contributed by atoms with Gasteiger partial charge in [0.25, 0.3) is 5.56 Å². The molecule has 0 aromatic carbocycles. The molecule has 5 heteroatoms. The number of aromatic nitrogens is 2. The van der Waals surface area contributed by atoms with Crippen LogP contribution in [0.25, 0.3) is 10.2 Å². The van der Waals surface area contributed by atoms with E-state index in [1.54, 1.807) is 10.9 Å². The highest BCUT2D eigenvalue weighted by Crippen LogP contribution is 2.19. The molecule has 2 aromatic rings. The molecule has 0 spiro atoms. The van der Waals surface area contributed by atoms with E-state index in [9.17, 15) is 4.79 Å². The van der Waals surface area contributed by atoms with Gasteiger partial charge in [-0.2, -0.15) is 0 Å². The topological polar surface area (TPSA) is 44.1 Å². The van der Waals surface area contributed by atoms with Crippen LogP contribution in [0.3, 0.4) is 0 Å². The summed E-state index contributed by atoms with van der Waals surface area (Å²) >= 11 is 1.46. The Morgan fingerprint density at radius 1 is 1.53 bits per heavy atom. The molecule has 0 unspecified atom stereocenters. The summed E-state index contributed by atoms with van der Waals surface area (Å²) in [6.45, 7) is 7.02. The number of hydrogen-bond donors (Lipinski definition) is 0. The van der Waals surface area contributed by atoms with E-state index < -0.39 is 0 Å². The summed E-state index contributed by atoms with van der Waals surface area (Å²) < 4.78 is 7.78. The summed E-state index contributed by atoms with van der Waals surface area (Å²) in [6, 6.07) is 0. The molecule has 0 atom stereocenters. The van der Waals surface area contributed by atoms with Gasteiger partial charge in [0.1, 0.15) is 4.70 Å². The molecule has 0 N–H and O–H groups in total. The van der Waals surface area contributed by atoms with E-state index in [0.29, 0.717) is 13.2 Å². The second-order valence-corrected chi connectivity index (χ2v) is 5.14. The largest absolute Gasteiger partial charge is 0.377 e. The second kappa shape index (κ2) is 4.98. The lowest BCUT2D eigenvalue weighted by molar-refractivity contribution is 0.0722. The number of hydrogen-bond acceptors (Lipinski definition) is 4. The highest BCUT2D eigenvalue weighted by Gasteiger charge is 2.08. The monoisotopic (exact) mass is 252 g/mol. The maximum atomic E-state index is 12.1. The van der Waals surface area contributed by atoms with Crippen LogP contribution in [0, 0.1) is 6.92 Å². The molecule has 0 amide bonds. The van der Waals surface area contributed by atoms with Crippen molar-refractivity contribution < 1.29 is 4.74 Å². The molecule has 0 fully saturated rings. The van der Waals surface area contributed by atoms with E-state index in [1.807, 2.05) is 26.2 Å². The zero-order valence-electron chi connectivity index (χ0n) is 10.3. The Kier molecular flexibility index (Phi) is 3.59.